The van der Waals surface area contributed by atoms with Crippen LogP contribution in [0.4, 0.5) is 5.95 Å². The molecule has 0 fully saturated rings. The van der Waals surface area contributed by atoms with Gasteiger partial charge in [0.1, 0.15) is 5.69 Å². The highest BCUT2D eigenvalue weighted by Crippen LogP contribution is 2.26. The molecule has 0 aliphatic heterocycles. The Bertz CT molecular complexity index is 1010. The van der Waals surface area contributed by atoms with E-state index in [9.17, 15) is 13.2 Å². The van der Waals surface area contributed by atoms with Crippen LogP contribution in [0.15, 0.2) is 29.0 Å². The quantitative estimate of drug-likeness (QED) is 0.383. The molecule has 0 unspecified atom stereocenters. The van der Waals surface area contributed by atoms with Crippen LogP contribution < -0.4 is 10.0 Å². The first-order valence-electron chi connectivity index (χ1n) is 8.55. The number of fused-ring (bicyclic) bond motifs is 1. The second-order valence-electron chi connectivity index (χ2n) is 5.83. The van der Waals surface area contributed by atoms with Crippen LogP contribution in [0.2, 0.25) is 0 Å². The molecule has 7 nitrogen and oxygen atoms in total. The van der Waals surface area contributed by atoms with E-state index in [0.717, 1.165) is 11.1 Å². The molecule has 0 aliphatic carbocycles. The van der Waals surface area contributed by atoms with Gasteiger partial charge in [-0.1, -0.05) is 19.4 Å². The number of ketones is 1. The van der Waals surface area contributed by atoms with Crippen LogP contribution in [0, 0.1) is 0 Å². The number of nitrogens with one attached hydrogen (secondary N) is 2. The number of hydrogen-bond acceptors (Lipinski definition) is 8. The van der Waals surface area contributed by atoms with Crippen LogP contribution in [0.1, 0.15) is 35.1 Å². The van der Waals surface area contributed by atoms with Crippen LogP contribution in [-0.4, -0.2) is 43.0 Å². The zero-order valence-electron chi connectivity index (χ0n) is 14.8. The Morgan fingerprint density at radius 2 is 2.00 bits per heavy atom. The van der Waals surface area contributed by atoms with E-state index in [1.165, 1.54) is 22.7 Å². The highest BCUT2D eigenvalue weighted by atomic mass is 32.2. The monoisotopic (exact) mass is 424 g/mol. The van der Waals surface area contributed by atoms with Crippen molar-refractivity contribution in [3.05, 3.63) is 39.5 Å². The van der Waals surface area contributed by atoms with E-state index in [1.54, 1.807) is 6.07 Å². The van der Waals surface area contributed by atoms with E-state index in [0.29, 0.717) is 35.0 Å². The van der Waals surface area contributed by atoms with E-state index < -0.39 is 10.0 Å². The lowest BCUT2D eigenvalue weighted by Gasteiger charge is -2.09. The molecule has 3 rings (SSSR count). The molecule has 0 atom stereocenters. The number of carbonyl (C=O) groups is 1. The normalized spacial score (nSPS) is 11.7. The zero-order valence-corrected chi connectivity index (χ0v) is 17.2. The summed E-state index contributed by atoms with van der Waals surface area (Å²) >= 11 is 2.80. The molecule has 3 aromatic rings. The average Bonchev–Trinajstić information content (AvgIpc) is 3.34. The fourth-order valence-electron chi connectivity index (χ4n) is 2.41. The lowest BCUT2D eigenvalue weighted by molar-refractivity contribution is 0.103. The number of thiophene rings is 2. The van der Waals surface area contributed by atoms with Gasteiger partial charge in [0, 0.05) is 13.1 Å². The molecule has 2 N–H and O–H groups in total. The minimum absolute atomic E-state index is 0.125. The van der Waals surface area contributed by atoms with E-state index in [1.807, 2.05) is 29.8 Å². The van der Waals surface area contributed by atoms with Crippen molar-refractivity contribution in [2.45, 2.75) is 19.8 Å². The molecule has 144 valence electrons. The Morgan fingerprint density at radius 3 is 2.74 bits per heavy atom. The highest BCUT2D eigenvalue weighted by Gasteiger charge is 2.18. The summed E-state index contributed by atoms with van der Waals surface area (Å²) in [6, 6.07) is 5.44. The number of sulfonamides is 1. The number of hydrogen-bond donors (Lipinski definition) is 2. The van der Waals surface area contributed by atoms with Crippen LogP contribution in [0.5, 0.6) is 0 Å². The molecule has 0 spiro atoms. The minimum atomic E-state index is -3.26. The van der Waals surface area contributed by atoms with Crippen molar-refractivity contribution in [1.29, 1.82) is 0 Å². The highest BCUT2D eigenvalue weighted by molar-refractivity contribution is 7.89. The molecular formula is C17H20N4O3S3. The van der Waals surface area contributed by atoms with Gasteiger partial charge >= 0.3 is 0 Å². The van der Waals surface area contributed by atoms with Crippen molar-refractivity contribution in [1.82, 2.24) is 14.7 Å². The van der Waals surface area contributed by atoms with Gasteiger partial charge in [-0.25, -0.2) is 23.1 Å². The van der Waals surface area contributed by atoms with Gasteiger partial charge in [0.05, 0.1) is 20.8 Å². The minimum Gasteiger partial charge on any atom is -0.353 e. The van der Waals surface area contributed by atoms with Crippen molar-refractivity contribution in [2.75, 3.05) is 24.2 Å². The molecule has 10 heteroatoms. The lowest BCUT2D eigenvalue weighted by Crippen LogP contribution is -2.31. The van der Waals surface area contributed by atoms with Crippen molar-refractivity contribution < 1.29 is 13.2 Å². The van der Waals surface area contributed by atoms with Crippen LogP contribution in [0.3, 0.4) is 0 Å². The Balaban J connectivity index is 1.70. The van der Waals surface area contributed by atoms with Crippen LogP contribution in [0.25, 0.3) is 10.2 Å². The first-order valence-corrected chi connectivity index (χ1v) is 12.0. The molecular weight excluding hydrogens is 404 g/mol. The second-order valence-corrected chi connectivity index (χ2v) is 9.62. The number of aromatic nitrogens is 2. The van der Waals surface area contributed by atoms with Crippen molar-refractivity contribution in [3.63, 3.8) is 0 Å². The number of nitrogens with zero attached hydrogens (tertiary/aromatic N) is 2. The van der Waals surface area contributed by atoms with Crippen molar-refractivity contribution >= 4 is 54.6 Å². The van der Waals surface area contributed by atoms with E-state index in [4.69, 9.17) is 0 Å². The molecule has 3 aromatic heterocycles. The van der Waals surface area contributed by atoms with Gasteiger partial charge < -0.3 is 5.32 Å². The van der Waals surface area contributed by atoms with Crippen molar-refractivity contribution in [3.8, 4) is 0 Å². The van der Waals surface area contributed by atoms with E-state index in [-0.39, 0.29) is 18.1 Å². The maximum Gasteiger partial charge on any atom is 0.224 e. The molecule has 0 aromatic carbocycles. The van der Waals surface area contributed by atoms with Gasteiger partial charge in [-0.3, -0.25) is 4.79 Å². The van der Waals surface area contributed by atoms with Gasteiger partial charge in [0.25, 0.3) is 0 Å². The van der Waals surface area contributed by atoms with Gasteiger partial charge in [-0.05, 0) is 29.3 Å². The topological polar surface area (TPSA) is 101 Å². The smallest absolute Gasteiger partial charge is 0.224 e. The fourth-order valence-corrected chi connectivity index (χ4v) is 5.12. The van der Waals surface area contributed by atoms with Crippen LogP contribution >= 0.6 is 22.7 Å². The SMILES string of the molecule is CCCCS(=O)(=O)NCCNc1nc(C(=O)c2cccs2)c2sccc2n1. The summed E-state index contributed by atoms with van der Waals surface area (Å²) in [7, 11) is -3.26. The molecule has 0 radical (unpaired) electrons. The molecule has 0 saturated carbocycles. The van der Waals surface area contributed by atoms with E-state index >= 15 is 0 Å². The number of anilines is 1. The predicted molar refractivity (Wildman–Crippen MR) is 110 cm³/mol. The molecule has 0 aliphatic rings. The molecule has 3 heterocycles. The maximum absolute atomic E-state index is 12.7. The fraction of sp³-hybridized carbons (Fsp3) is 0.353. The van der Waals surface area contributed by atoms with Crippen LogP contribution in [-0.2, 0) is 10.0 Å². The molecule has 0 bridgehead atoms. The number of unbranched alkanes of at least 4 members (excludes halogenated alkanes) is 1. The second kappa shape index (κ2) is 8.87. The van der Waals surface area contributed by atoms with E-state index in [2.05, 4.69) is 20.0 Å². The largest absolute Gasteiger partial charge is 0.353 e. The third-order valence-electron chi connectivity index (χ3n) is 3.76. The molecule has 27 heavy (non-hydrogen) atoms. The zero-order chi connectivity index (χ0) is 19.3. The summed E-state index contributed by atoms with van der Waals surface area (Å²) in [6.07, 6.45) is 1.46. The number of carbonyl (C=O) groups excluding carboxylic acids is 1. The Kier molecular flexibility index (Phi) is 6.53. The summed E-state index contributed by atoms with van der Waals surface area (Å²) in [4.78, 5) is 22.1. The lowest BCUT2D eigenvalue weighted by atomic mass is 10.2. The predicted octanol–water partition coefficient (Wildman–Crippen LogP) is 3.12. The standard InChI is InChI=1S/C17H20N4O3S3/c1-2-3-11-27(23,24)19-8-7-18-17-20-12-6-10-26-16(12)14(21-17)15(22)13-5-4-9-25-13/h4-6,9-10,19H,2-3,7-8,11H2,1H3,(H,18,20,21). The third-order valence-corrected chi connectivity index (χ3v) is 7.01. The summed E-state index contributed by atoms with van der Waals surface area (Å²) in [5.74, 6) is 0.303. The third kappa shape index (κ3) is 5.10. The molecule has 0 amide bonds. The maximum atomic E-state index is 12.7. The number of rotatable bonds is 10. The summed E-state index contributed by atoms with van der Waals surface area (Å²) in [6.45, 7) is 2.50. The first-order chi connectivity index (χ1) is 13.0. The summed E-state index contributed by atoms with van der Waals surface area (Å²) < 4.78 is 26.9. The molecule has 0 saturated heterocycles. The van der Waals surface area contributed by atoms with Gasteiger partial charge in [-0.2, -0.15) is 0 Å². The van der Waals surface area contributed by atoms with Gasteiger partial charge in [-0.15, -0.1) is 22.7 Å². The Hall–Kier alpha value is -1.88. The Morgan fingerprint density at radius 1 is 1.15 bits per heavy atom. The first kappa shape index (κ1) is 19.9. The summed E-state index contributed by atoms with van der Waals surface area (Å²) in [5, 5.41) is 6.72. The van der Waals surface area contributed by atoms with Gasteiger partial charge in [0.15, 0.2) is 0 Å². The average molecular weight is 425 g/mol. The van der Waals surface area contributed by atoms with Crippen molar-refractivity contribution in [2.24, 2.45) is 0 Å². The van der Waals surface area contributed by atoms with Gasteiger partial charge in [0.2, 0.25) is 21.8 Å². The summed E-state index contributed by atoms with van der Waals surface area (Å²) in [5.41, 5.74) is 1.06. The Labute approximate surface area is 165 Å².